The molecular formula is C15H14ClFN2O2. The van der Waals surface area contributed by atoms with Gasteiger partial charge in [-0.3, -0.25) is 0 Å². The number of phenols is 1. The summed E-state index contributed by atoms with van der Waals surface area (Å²) in [5.41, 5.74) is 0.100. The molecule has 3 rings (SSSR count). The number of hydrogen-bond donors (Lipinski definition) is 2. The van der Waals surface area contributed by atoms with E-state index in [2.05, 4.69) is 4.98 Å². The average Bonchev–Trinajstić information content (AvgIpc) is 2.35. The van der Waals surface area contributed by atoms with Crippen LogP contribution in [0.1, 0.15) is 11.1 Å². The molecule has 6 heteroatoms. The lowest BCUT2D eigenvalue weighted by Gasteiger charge is -2.47. The molecule has 2 heterocycles. The molecule has 0 aliphatic carbocycles. The van der Waals surface area contributed by atoms with Gasteiger partial charge in [0.2, 0.25) is 0 Å². The first-order chi connectivity index (χ1) is 9.89. The maximum Gasteiger partial charge on any atom is 0.165 e. The van der Waals surface area contributed by atoms with Crippen molar-refractivity contribution in [1.29, 1.82) is 0 Å². The summed E-state index contributed by atoms with van der Waals surface area (Å²) < 4.78 is 13.9. The van der Waals surface area contributed by atoms with Crippen molar-refractivity contribution in [1.82, 2.24) is 4.98 Å². The van der Waals surface area contributed by atoms with Crippen LogP contribution in [0.25, 0.3) is 0 Å². The van der Waals surface area contributed by atoms with Gasteiger partial charge in [-0.05, 0) is 30.7 Å². The van der Waals surface area contributed by atoms with Gasteiger partial charge >= 0.3 is 0 Å². The summed E-state index contributed by atoms with van der Waals surface area (Å²) in [7, 11) is 0. The second kappa shape index (κ2) is 4.86. The molecule has 1 aromatic heterocycles. The molecule has 4 nitrogen and oxygen atoms in total. The van der Waals surface area contributed by atoms with Gasteiger partial charge in [0.15, 0.2) is 11.6 Å². The molecule has 21 heavy (non-hydrogen) atoms. The molecule has 0 bridgehead atoms. The molecule has 0 unspecified atom stereocenters. The van der Waals surface area contributed by atoms with Crippen molar-refractivity contribution in [2.24, 2.45) is 0 Å². The summed E-state index contributed by atoms with van der Waals surface area (Å²) in [6.07, 6.45) is 1.59. The number of aliphatic hydroxyl groups is 1. The van der Waals surface area contributed by atoms with Gasteiger partial charge in [0.05, 0.1) is 18.1 Å². The number of anilines is 1. The molecule has 1 aliphatic rings. The number of hydrogen-bond acceptors (Lipinski definition) is 4. The number of aryl methyl sites for hydroxylation is 1. The molecule has 110 valence electrons. The maximum absolute atomic E-state index is 13.9. The lowest BCUT2D eigenvalue weighted by molar-refractivity contribution is 0.00674. The van der Waals surface area contributed by atoms with Crippen LogP contribution in [-0.4, -0.2) is 28.3 Å². The van der Waals surface area contributed by atoms with Gasteiger partial charge < -0.3 is 15.1 Å². The van der Waals surface area contributed by atoms with Crippen LogP contribution in [0.5, 0.6) is 5.75 Å². The average molecular weight is 309 g/mol. The quantitative estimate of drug-likeness (QED) is 0.895. The molecule has 1 saturated heterocycles. The number of aromatic hydroxyl groups is 1. The molecule has 0 atom stereocenters. The number of nitrogens with zero attached hydrogens (tertiary/aromatic N) is 2. The Kier molecular flexibility index (Phi) is 3.26. The Morgan fingerprint density at radius 3 is 2.67 bits per heavy atom. The predicted molar refractivity (Wildman–Crippen MR) is 78.2 cm³/mol. The minimum atomic E-state index is -1.16. The topological polar surface area (TPSA) is 56.6 Å². The molecular weight excluding hydrogens is 295 g/mol. The lowest BCUT2D eigenvalue weighted by atomic mass is 9.86. The van der Waals surface area contributed by atoms with Crippen LogP contribution in [0, 0.1) is 12.7 Å². The van der Waals surface area contributed by atoms with E-state index in [4.69, 9.17) is 11.6 Å². The Balaban J connectivity index is 1.83. The summed E-state index contributed by atoms with van der Waals surface area (Å²) in [6.45, 7) is 2.16. The van der Waals surface area contributed by atoms with E-state index < -0.39 is 11.4 Å². The van der Waals surface area contributed by atoms with Crippen LogP contribution in [0.15, 0.2) is 30.5 Å². The van der Waals surface area contributed by atoms with Crippen LogP contribution < -0.4 is 4.90 Å². The van der Waals surface area contributed by atoms with E-state index in [0.29, 0.717) is 5.56 Å². The second-order valence-corrected chi connectivity index (χ2v) is 5.78. The summed E-state index contributed by atoms with van der Waals surface area (Å²) in [4.78, 5) is 5.71. The van der Waals surface area contributed by atoms with Gasteiger partial charge in [-0.25, -0.2) is 9.37 Å². The highest BCUT2D eigenvalue weighted by Crippen LogP contribution is 2.39. The molecule has 1 fully saturated rings. The van der Waals surface area contributed by atoms with Gasteiger partial charge in [0.1, 0.15) is 11.4 Å². The van der Waals surface area contributed by atoms with Gasteiger partial charge in [-0.2, -0.15) is 0 Å². The van der Waals surface area contributed by atoms with Crippen LogP contribution in [0.3, 0.4) is 0 Å². The number of rotatable bonds is 2. The van der Waals surface area contributed by atoms with Crippen molar-refractivity contribution in [3.63, 3.8) is 0 Å². The molecule has 0 spiro atoms. The summed E-state index contributed by atoms with van der Waals surface area (Å²) in [5, 5.41) is 20.2. The van der Waals surface area contributed by atoms with Crippen molar-refractivity contribution < 1.29 is 14.6 Å². The number of aromatic nitrogens is 1. The van der Waals surface area contributed by atoms with Crippen molar-refractivity contribution in [3.8, 4) is 5.75 Å². The monoisotopic (exact) mass is 308 g/mol. The van der Waals surface area contributed by atoms with E-state index in [9.17, 15) is 14.6 Å². The van der Waals surface area contributed by atoms with Gasteiger partial charge in [-0.15, -0.1) is 0 Å². The van der Waals surface area contributed by atoms with Crippen molar-refractivity contribution in [2.75, 3.05) is 18.0 Å². The first kappa shape index (κ1) is 14.1. The van der Waals surface area contributed by atoms with E-state index in [1.807, 2.05) is 0 Å². The first-order valence-electron chi connectivity index (χ1n) is 6.47. The first-order valence-corrected chi connectivity index (χ1v) is 6.85. The third kappa shape index (κ3) is 2.43. The zero-order valence-electron chi connectivity index (χ0n) is 11.3. The molecule has 0 saturated carbocycles. The molecule has 0 radical (unpaired) electrons. The maximum atomic E-state index is 13.9. The lowest BCUT2D eigenvalue weighted by Crippen LogP contribution is -2.60. The van der Waals surface area contributed by atoms with Gasteiger partial charge in [-0.1, -0.05) is 17.7 Å². The van der Waals surface area contributed by atoms with Crippen LogP contribution in [0.4, 0.5) is 10.2 Å². The Bertz CT molecular complexity index is 702. The summed E-state index contributed by atoms with van der Waals surface area (Å²) >= 11 is 6.04. The largest absolute Gasteiger partial charge is 0.508 e. The summed E-state index contributed by atoms with van der Waals surface area (Å²) in [5.74, 6) is -0.149. The second-order valence-electron chi connectivity index (χ2n) is 5.37. The minimum absolute atomic E-state index is 0.0368. The molecule has 2 aromatic rings. The molecule has 1 aliphatic heterocycles. The number of benzene rings is 1. The van der Waals surface area contributed by atoms with E-state index in [1.54, 1.807) is 24.1 Å². The highest BCUT2D eigenvalue weighted by molar-refractivity contribution is 6.31. The highest BCUT2D eigenvalue weighted by atomic mass is 35.5. The third-order valence-electron chi connectivity index (χ3n) is 3.62. The normalized spacial score (nSPS) is 16.7. The Labute approximate surface area is 126 Å². The molecule has 2 N–H and O–H groups in total. The van der Waals surface area contributed by atoms with Gasteiger partial charge in [0.25, 0.3) is 0 Å². The zero-order chi connectivity index (χ0) is 15.2. The van der Waals surface area contributed by atoms with Crippen molar-refractivity contribution in [3.05, 3.63) is 52.4 Å². The Morgan fingerprint density at radius 1 is 1.33 bits per heavy atom. The third-order valence-corrected chi connectivity index (χ3v) is 3.93. The highest BCUT2D eigenvalue weighted by Gasteiger charge is 2.45. The number of halogens is 2. The fourth-order valence-electron chi connectivity index (χ4n) is 2.55. The van der Waals surface area contributed by atoms with Gasteiger partial charge in [0, 0.05) is 11.8 Å². The van der Waals surface area contributed by atoms with Crippen LogP contribution >= 0.6 is 11.6 Å². The fourth-order valence-corrected chi connectivity index (χ4v) is 2.90. The predicted octanol–water partition coefficient (Wildman–Crippen LogP) is 2.60. The number of phenolic OH excluding ortho intramolecular Hbond substituents is 1. The van der Waals surface area contributed by atoms with Crippen LogP contribution in [0.2, 0.25) is 5.02 Å². The zero-order valence-corrected chi connectivity index (χ0v) is 12.1. The van der Waals surface area contributed by atoms with E-state index in [1.165, 1.54) is 18.2 Å². The van der Waals surface area contributed by atoms with E-state index in [0.717, 1.165) is 5.56 Å². The molecule has 0 amide bonds. The van der Waals surface area contributed by atoms with Crippen molar-refractivity contribution in [2.45, 2.75) is 12.5 Å². The summed E-state index contributed by atoms with van der Waals surface area (Å²) in [6, 6.07) is 5.83. The fraction of sp³-hybridized carbons (Fsp3) is 0.267. The van der Waals surface area contributed by atoms with Crippen LogP contribution in [-0.2, 0) is 5.60 Å². The van der Waals surface area contributed by atoms with E-state index in [-0.39, 0.29) is 29.7 Å². The Hall–Kier alpha value is -1.85. The Morgan fingerprint density at radius 2 is 2.05 bits per heavy atom. The number of β-amino-alcohol motifs (C(OH)–C–C–N with tert-alkyl or cyclic N) is 1. The standard InChI is InChI=1S/C15H14ClFN2O2/c1-9-4-13(17)14(18-6-9)19-7-15(21,8-19)11-3-2-10(20)5-12(11)16/h2-6,20-21H,7-8H2,1H3. The minimum Gasteiger partial charge on any atom is -0.508 e. The molecule has 1 aromatic carbocycles. The number of pyridine rings is 1. The van der Waals surface area contributed by atoms with E-state index >= 15 is 0 Å². The smallest absolute Gasteiger partial charge is 0.165 e. The van der Waals surface area contributed by atoms with Crippen molar-refractivity contribution >= 4 is 17.4 Å². The SMILES string of the molecule is Cc1cnc(N2CC(O)(c3ccc(O)cc3Cl)C2)c(F)c1.